The third-order valence-electron chi connectivity index (χ3n) is 2.88. The molecule has 0 atom stereocenters. The number of amides is 1. The van der Waals surface area contributed by atoms with Gasteiger partial charge in [-0.05, 0) is 44.1 Å². The standard InChI is InChI=1S/C13H17N2O/c16-13(12-6-2-1-3-7-12)14-8-11-15-9-4-5-10-15/h1-2,6-7H,4-5,8-11H2,(H,14,16). The molecule has 1 aromatic rings. The van der Waals surface area contributed by atoms with E-state index in [-0.39, 0.29) is 5.91 Å². The number of nitrogens with one attached hydrogen (secondary N) is 1. The zero-order valence-corrected chi connectivity index (χ0v) is 9.41. The van der Waals surface area contributed by atoms with Crippen LogP contribution in [0.5, 0.6) is 0 Å². The van der Waals surface area contributed by atoms with Crippen molar-refractivity contribution in [2.45, 2.75) is 12.8 Å². The van der Waals surface area contributed by atoms with E-state index in [0.29, 0.717) is 5.56 Å². The number of nitrogens with zero attached hydrogens (tertiary/aromatic N) is 1. The zero-order valence-electron chi connectivity index (χ0n) is 9.41. The van der Waals surface area contributed by atoms with Crippen molar-refractivity contribution in [2.24, 2.45) is 0 Å². The maximum Gasteiger partial charge on any atom is 0.251 e. The predicted molar refractivity (Wildman–Crippen MR) is 63.3 cm³/mol. The first kappa shape index (κ1) is 11.1. The molecular weight excluding hydrogens is 200 g/mol. The number of carbonyl (C=O) groups excluding carboxylic acids is 1. The van der Waals surface area contributed by atoms with E-state index in [1.807, 2.05) is 12.1 Å². The van der Waals surface area contributed by atoms with Gasteiger partial charge in [0, 0.05) is 18.7 Å². The summed E-state index contributed by atoms with van der Waals surface area (Å²) < 4.78 is 0. The molecule has 1 radical (unpaired) electrons. The lowest BCUT2D eigenvalue weighted by molar-refractivity contribution is 0.0950. The number of benzene rings is 1. The van der Waals surface area contributed by atoms with E-state index in [4.69, 9.17) is 0 Å². The van der Waals surface area contributed by atoms with Gasteiger partial charge in [-0.3, -0.25) is 4.79 Å². The Balaban J connectivity index is 1.71. The van der Waals surface area contributed by atoms with Crippen molar-refractivity contribution in [3.05, 3.63) is 35.9 Å². The maximum atomic E-state index is 11.7. The minimum atomic E-state index is -0.00366. The fraction of sp³-hybridized carbons (Fsp3) is 0.462. The van der Waals surface area contributed by atoms with Crippen molar-refractivity contribution in [1.29, 1.82) is 0 Å². The second-order valence-corrected chi connectivity index (χ2v) is 4.10. The lowest BCUT2D eigenvalue weighted by Gasteiger charge is -2.14. The van der Waals surface area contributed by atoms with E-state index >= 15 is 0 Å². The first-order chi connectivity index (χ1) is 7.86. The summed E-state index contributed by atoms with van der Waals surface area (Å²) in [5.74, 6) is -0.00366. The van der Waals surface area contributed by atoms with Gasteiger partial charge in [0.25, 0.3) is 5.91 Å². The van der Waals surface area contributed by atoms with E-state index in [1.54, 1.807) is 12.1 Å². The molecule has 85 valence electrons. The van der Waals surface area contributed by atoms with Crippen molar-refractivity contribution in [3.8, 4) is 0 Å². The van der Waals surface area contributed by atoms with Crippen LogP contribution in [-0.2, 0) is 0 Å². The molecule has 3 heteroatoms. The van der Waals surface area contributed by atoms with Crippen LogP contribution in [0.1, 0.15) is 23.2 Å². The van der Waals surface area contributed by atoms with Crippen LogP contribution in [0.15, 0.2) is 24.3 Å². The van der Waals surface area contributed by atoms with E-state index in [2.05, 4.69) is 16.3 Å². The molecule has 1 saturated heterocycles. The molecule has 1 heterocycles. The molecule has 0 spiro atoms. The SMILES string of the molecule is O=C(NCCN1CCCC1)c1c[c]ccc1. The number of rotatable bonds is 4. The van der Waals surface area contributed by atoms with Crippen molar-refractivity contribution >= 4 is 5.91 Å². The molecule has 1 N–H and O–H groups in total. The van der Waals surface area contributed by atoms with Gasteiger partial charge in [0.15, 0.2) is 0 Å². The lowest BCUT2D eigenvalue weighted by Crippen LogP contribution is -2.33. The molecule has 0 aliphatic carbocycles. The summed E-state index contributed by atoms with van der Waals surface area (Å²) in [6.45, 7) is 4.04. The maximum absolute atomic E-state index is 11.7. The molecule has 1 aliphatic rings. The topological polar surface area (TPSA) is 32.3 Å². The summed E-state index contributed by atoms with van der Waals surface area (Å²) in [7, 11) is 0. The Morgan fingerprint density at radius 1 is 1.44 bits per heavy atom. The Morgan fingerprint density at radius 3 is 2.94 bits per heavy atom. The highest BCUT2D eigenvalue weighted by molar-refractivity contribution is 5.94. The fourth-order valence-electron chi connectivity index (χ4n) is 1.97. The summed E-state index contributed by atoms with van der Waals surface area (Å²) >= 11 is 0. The van der Waals surface area contributed by atoms with E-state index in [9.17, 15) is 4.79 Å². The van der Waals surface area contributed by atoms with E-state index in [0.717, 1.165) is 13.1 Å². The highest BCUT2D eigenvalue weighted by atomic mass is 16.1. The van der Waals surface area contributed by atoms with Crippen LogP contribution in [0, 0.1) is 6.07 Å². The molecule has 1 fully saturated rings. The molecule has 1 aliphatic heterocycles. The van der Waals surface area contributed by atoms with Crippen molar-refractivity contribution in [3.63, 3.8) is 0 Å². The number of hydrogen-bond acceptors (Lipinski definition) is 2. The Hall–Kier alpha value is -1.35. The van der Waals surface area contributed by atoms with Gasteiger partial charge in [-0.25, -0.2) is 0 Å². The van der Waals surface area contributed by atoms with E-state index < -0.39 is 0 Å². The molecule has 3 nitrogen and oxygen atoms in total. The van der Waals surface area contributed by atoms with Crippen molar-refractivity contribution in [2.75, 3.05) is 26.2 Å². The van der Waals surface area contributed by atoms with Crippen LogP contribution < -0.4 is 5.32 Å². The second kappa shape index (κ2) is 5.66. The lowest BCUT2D eigenvalue weighted by atomic mass is 10.2. The summed E-state index contributed by atoms with van der Waals surface area (Å²) in [5, 5.41) is 2.93. The Labute approximate surface area is 96.5 Å². The first-order valence-electron chi connectivity index (χ1n) is 5.83. The van der Waals surface area contributed by atoms with Crippen LogP contribution in [0.3, 0.4) is 0 Å². The minimum Gasteiger partial charge on any atom is -0.351 e. The Kier molecular flexibility index (Phi) is 3.94. The molecule has 0 bridgehead atoms. The molecule has 0 saturated carbocycles. The molecule has 0 aromatic heterocycles. The van der Waals surface area contributed by atoms with Gasteiger partial charge in [-0.15, -0.1) is 0 Å². The van der Waals surface area contributed by atoms with Gasteiger partial charge in [-0.1, -0.05) is 12.1 Å². The third kappa shape index (κ3) is 3.07. The van der Waals surface area contributed by atoms with E-state index in [1.165, 1.54) is 25.9 Å². The molecule has 1 amide bonds. The summed E-state index contributed by atoms with van der Waals surface area (Å²) in [4.78, 5) is 14.1. The molecule has 1 aromatic carbocycles. The smallest absolute Gasteiger partial charge is 0.251 e. The molecule has 2 rings (SSSR count). The van der Waals surface area contributed by atoms with Gasteiger partial charge in [0.2, 0.25) is 0 Å². The minimum absolute atomic E-state index is 0.00366. The van der Waals surface area contributed by atoms with Crippen LogP contribution in [0.2, 0.25) is 0 Å². The fourth-order valence-corrected chi connectivity index (χ4v) is 1.97. The monoisotopic (exact) mass is 217 g/mol. The van der Waals surface area contributed by atoms with Crippen molar-refractivity contribution < 1.29 is 4.79 Å². The number of likely N-dealkylation sites (tertiary alicyclic amines) is 1. The average molecular weight is 217 g/mol. The van der Waals surface area contributed by atoms with Crippen LogP contribution in [0.4, 0.5) is 0 Å². The second-order valence-electron chi connectivity index (χ2n) is 4.10. The van der Waals surface area contributed by atoms with Crippen LogP contribution in [0.25, 0.3) is 0 Å². The van der Waals surface area contributed by atoms with Gasteiger partial charge in [0.05, 0.1) is 0 Å². The predicted octanol–water partition coefficient (Wildman–Crippen LogP) is 1.31. The number of carbonyl (C=O) groups is 1. The Morgan fingerprint density at radius 2 is 2.25 bits per heavy atom. The summed E-state index contributed by atoms with van der Waals surface area (Å²) in [6.07, 6.45) is 2.59. The molecule has 16 heavy (non-hydrogen) atoms. The van der Waals surface area contributed by atoms with Gasteiger partial charge < -0.3 is 10.2 Å². The Bertz CT molecular complexity index is 331. The molecular formula is C13H17N2O. The quantitative estimate of drug-likeness (QED) is 0.824. The average Bonchev–Trinajstić information content (AvgIpc) is 2.83. The van der Waals surface area contributed by atoms with Gasteiger partial charge in [0.1, 0.15) is 0 Å². The number of hydrogen-bond donors (Lipinski definition) is 1. The van der Waals surface area contributed by atoms with Crippen LogP contribution in [-0.4, -0.2) is 37.0 Å². The summed E-state index contributed by atoms with van der Waals surface area (Å²) in [5.41, 5.74) is 0.684. The first-order valence-corrected chi connectivity index (χ1v) is 5.83. The van der Waals surface area contributed by atoms with Gasteiger partial charge >= 0.3 is 0 Å². The zero-order chi connectivity index (χ0) is 11.2. The normalized spacial score (nSPS) is 16.2. The molecule has 0 unspecified atom stereocenters. The van der Waals surface area contributed by atoms with Crippen LogP contribution >= 0.6 is 0 Å². The third-order valence-corrected chi connectivity index (χ3v) is 2.88. The largest absolute Gasteiger partial charge is 0.351 e. The highest BCUT2D eigenvalue weighted by Gasteiger charge is 2.11. The summed E-state index contributed by atoms with van der Waals surface area (Å²) in [6, 6.07) is 10.0. The van der Waals surface area contributed by atoms with Gasteiger partial charge in [-0.2, -0.15) is 0 Å². The van der Waals surface area contributed by atoms with Crippen molar-refractivity contribution in [1.82, 2.24) is 10.2 Å². The highest BCUT2D eigenvalue weighted by Crippen LogP contribution is 2.05.